The van der Waals surface area contributed by atoms with Crippen LogP contribution in [0, 0.1) is 10.1 Å². The first-order valence-electron chi connectivity index (χ1n) is 6.30. The molecule has 6 nitrogen and oxygen atoms in total. The fourth-order valence-corrected chi connectivity index (χ4v) is 1.55. The van der Waals surface area contributed by atoms with Crippen LogP contribution in [0.25, 0.3) is 0 Å². The number of likely N-dealkylation sites (N-methyl/N-ethyl adjacent to an activating group) is 1. The molecule has 6 heteroatoms. The van der Waals surface area contributed by atoms with Gasteiger partial charge in [-0.05, 0) is 32.3 Å². The number of rotatable bonds is 8. The van der Waals surface area contributed by atoms with Gasteiger partial charge in [0.05, 0.1) is 4.92 Å². The number of nitro groups is 1. The Kier molecular flexibility index (Phi) is 6.24. The van der Waals surface area contributed by atoms with Gasteiger partial charge < -0.3 is 15.0 Å². The van der Waals surface area contributed by atoms with E-state index in [0.29, 0.717) is 18.9 Å². The average molecular weight is 267 g/mol. The molecule has 0 amide bonds. The van der Waals surface area contributed by atoms with E-state index >= 15 is 0 Å². The van der Waals surface area contributed by atoms with Gasteiger partial charge in [0.15, 0.2) is 5.75 Å². The molecule has 0 aliphatic heterocycles. The van der Waals surface area contributed by atoms with Crippen LogP contribution in [0.2, 0.25) is 0 Å². The summed E-state index contributed by atoms with van der Waals surface area (Å²) in [6, 6.07) is 5.08. The average Bonchev–Trinajstić information content (AvgIpc) is 2.36. The minimum Gasteiger partial charge on any atom is -0.485 e. The summed E-state index contributed by atoms with van der Waals surface area (Å²) in [6.45, 7) is 4.59. The van der Waals surface area contributed by atoms with Crippen molar-refractivity contribution in [1.82, 2.24) is 10.2 Å². The minimum absolute atomic E-state index is 0.0224. The lowest BCUT2D eigenvalue weighted by molar-refractivity contribution is -0.385. The van der Waals surface area contributed by atoms with E-state index < -0.39 is 4.92 Å². The monoisotopic (exact) mass is 267 g/mol. The summed E-state index contributed by atoms with van der Waals surface area (Å²) in [4.78, 5) is 12.6. The first-order chi connectivity index (χ1) is 9.04. The Morgan fingerprint density at radius 3 is 2.74 bits per heavy atom. The van der Waals surface area contributed by atoms with Crippen LogP contribution in [0.5, 0.6) is 5.75 Å². The predicted octanol–water partition coefficient (Wildman–Crippen LogP) is 1.64. The van der Waals surface area contributed by atoms with Crippen molar-refractivity contribution in [1.29, 1.82) is 0 Å². The highest BCUT2D eigenvalue weighted by atomic mass is 16.6. The van der Waals surface area contributed by atoms with Gasteiger partial charge in [-0.1, -0.05) is 13.0 Å². The molecular formula is C13H21N3O3. The molecule has 1 aromatic rings. The summed E-state index contributed by atoms with van der Waals surface area (Å²) in [6.07, 6.45) is 0. The van der Waals surface area contributed by atoms with E-state index in [1.807, 2.05) is 32.0 Å². The normalized spacial score (nSPS) is 10.7. The summed E-state index contributed by atoms with van der Waals surface area (Å²) >= 11 is 0. The Bertz CT molecular complexity index is 422. The van der Waals surface area contributed by atoms with Crippen molar-refractivity contribution < 1.29 is 9.66 Å². The van der Waals surface area contributed by atoms with Gasteiger partial charge in [0.2, 0.25) is 0 Å². The lowest BCUT2D eigenvalue weighted by Gasteiger charge is -2.11. The molecular weight excluding hydrogens is 246 g/mol. The zero-order valence-electron chi connectivity index (χ0n) is 11.7. The van der Waals surface area contributed by atoms with Gasteiger partial charge >= 0.3 is 5.69 Å². The van der Waals surface area contributed by atoms with E-state index in [0.717, 1.165) is 18.7 Å². The minimum atomic E-state index is -0.402. The molecule has 0 heterocycles. The van der Waals surface area contributed by atoms with Gasteiger partial charge in [0.25, 0.3) is 0 Å². The molecule has 0 spiro atoms. The second kappa shape index (κ2) is 7.70. The molecule has 0 aromatic heterocycles. The Morgan fingerprint density at radius 1 is 1.42 bits per heavy atom. The van der Waals surface area contributed by atoms with Crippen LogP contribution in [-0.4, -0.2) is 43.6 Å². The molecule has 0 atom stereocenters. The molecule has 1 aromatic carbocycles. The molecule has 0 aliphatic carbocycles. The number of hydrogen-bond acceptors (Lipinski definition) is 5. The molecule has 0 unspecified atom stereocenters. The van der Waals surface area contributed by atoms with Crippen LogP contribution >= 0.6 is 0 Å². The number of nitrogens with zero attached hydrogens (tertiary/aromatic N) is 2. The largest absolute Gasteiger partial charge is 0.485 e. The van der Waals surface area contributed by atoms with Crippen molar-refractivity contribution in [2.45, 2.75) is 13.5 Å². The van der Waals surface area contributed by atoms with Crippen molar-refractivity contribution in [3.63, 3.8) is 0 Å². The first kappa shape index (κ1) is 15.4. The zero-order chi connectivity index (χ0) is 14.3. The maximum Gasteiger partial charge on any atom is 0.311 e. The van der Waals surface area contributed by atoms with E-state index in [2.05, 4.69) is 5.32 Å². The van der Waals surface area contributed by atoms with Gasteiger partial charge in [0.1, 0.15) is 6.61 Å². The first-order valence-corrected chi connectivity index (χ1v) is 6.30. The molecule has 0 aliphatic rings. The molecule has 0 radical (unpaired) electrons. The standard InChI is InChI=1S/C13H21N3O3/c1-4-14-10-11-5-6-13(12(9-11)16(17)18)19-8-7-15(2)3/h5-6,9,14H,4,7-8,10H2,1-3H3. The van der Waals surface area contributed by atoms with Crippen LogP contribution in [0.15, 0.2) is 18.2 Å². The molecule has 0 saturated heterocycles. The van der Waals surface area contributed by atoms with Gasteiger partial charge in [0, 0.05) is 19.2 Å². The molecule has 1 N–H and O–H groups in total. The lowest BCUT2D eigenvalue weighted by atomic mass is 10.2. The van der Waals surface area contributed by atoms with Gasteiger partial charge in [-0.15, -0.1) is 0 Å². The third-order valence-corrected chi connectivity index (χ3v) is 2.60. The topological polar surface area (TPSA) is 67.6 Å². The Hall–Kier alpha value is -1.66. The second-order valence-electron chi connectivity index (χ2n) is 4.49. The van der Waals surface area contributed by atoms with E-state index in [-0.39, 0.29) is 5.69 Å². The van der Waals surface area contributed by atoms with Crippen molar-refractivity contribution in [2.24, 2.45) is 0 Å². The van der Waals surface area contributed by atoms with Crippen LogP contribution in [0.4, 0.5) is 5.69 Å². The van der Waals surface area contributed by atoms with Gasteiger partial charge in [-0.2, -0.15) is 0 Å². The highest BCUT2D eigenvalue weighted by molar-refractivity contribution is 5.48. The maximum absolute atomic E-state index is 11.0. The molecule has 106 valence electrons. The molecule has 0 saturated carbocycles. The van der Waals surface area contributed by atoms with Crippen LogP contribution in [0.1, 0.15) is 12.5 Å². The molecule has 1 rings (SSSR count). The zero-order valence-corrected chi connectivity index (χ0v) is 11.7. The highest BCUT2D eigenvalue weighted by Gasteiger charge is 2.15. The Balaban J connectivity index is 2.76. The van der Waals surface area contributed by atoms with Crippen molar-refractivity contribution in [2.75, 3.05) is 33.8 Å². The lowest BCUT2D eigenvalue weighted by Crippen LogP contribution is -2.19. The summed E-state index contributed by atoms with van der Waals surface area (Å²) in [5.74, 6) is 0.326. The SMILES string of the molecule is CCNCc1ccc(OCCN(C)C)c([N+](=O)[O-])c1. The number of nitro benzene ring substituents is 1. The smallest absolute Gasteiger partial charge is 0.311 e. The summed E-state index contributed by atoms with van der Waals surface area (Å²) in [7, 11) is 3.86. The number of ether oxygens (including phenoxy) is 1. The molecule has 0 fully saturated rings. The van der Waals surface area contributed by atoms with Gasteiger partial charge in [-0.3, -0.25) is 10.1 Å². The van der Waals surface area contributed by atoms with Crippen molar-refractivity contribution in [3.8, 4) is 5.75 Å². The second-order valence-corrected chi connectivity index (χ2v) is 4.49. The maximum atomic E-state index is 11.0. The van der Waals surface area contributed by atoms with E-state index in [4.69, 9.17) is 4.74 Å². The summed E-state index contributed by atoms with van der Waals surface area (Å²) in [5.41, 5.74) is 0.905. The molecule has 19 heavy (non-hydrogen) atoms. The fourth-order valence-electron chi connectivity index (χ4n) is 1.55. The number of hydrogen-bond donors (Lipinski definition) is 1. The van der Waals surface area contributed by atoms with E-state index in [1.165, 1.54) is 0 Å². The summed E-state index contributed by atoms with van der Waals surface area (Å²) in [5, 5.41) is 14.2. The quantitative estimate of drug-likeness (QED) is 0.573. The van der Waals surface area contributed by atoms with Crippen molar-refractivity contribution >= 4 is 5.69 Å². The van der Waals surface area contributed by atoms with Crippen LogP contribution in [-0.2, 0) is 6.54 Å². The summed E-state index contributed by atoms with van der Waals surface area (Å²) < 4.78 is 5.46. The molecule has 0 bridgehead atoms. The Labute approximate surface area is 113 Å². The van der Waals surface area contributed by atoms with Gasteiger partial charge in [-0.25, -0.2) is 0 Å². The van der Waals surface area contributed by atoms with Crippen LogP contribution < -0.4 is 10.1 Å². The number of nitrogens with one attached hydrogen (secondary N) is 1. The highest BCUT2D eigenvalue weighted by Crippen LogP contribution is 2.27. The Morgan fingerprint density at radius 2 is 2.16 bits per heavy atom. The number of benzene rings is 1. The van der Waals surface area contributed by atoms with E-state index in [9.17, 15) is 10.1 Å². The predicted molar refractivity (Wildman–Crippen MR) is 74.5 cm³/mol. The third-order valence-electron chi connectivity index (χ3n) is 2.60. The third kappa shape index (κ3) is 5.23. The van der Waals surface area contributed by atoms with Crippen molar-refractivity contribution in [3.05, 3.63) is 33.9 Å². The van der Waals surface area contributed by atoms with Crippen LogP contribution in [0.3, 0.4) is 0 Å². The fraction of sp³-hybridized carbons (Fsp3) is 0.538. The van der Waals surface area contributed by atoms with E-state index in [1.54, 1.807) is 12.1 Å².